The number of aromatic nitrogens is 1. The monoisotopic (exact) mass is 196 g/mol. The quantitative estimate of drug-likeness (QED) is 0.567. The largest absolute Gasteiger partial charge is 0.438 e. The van der Waals surface area contributed by atoms with Crippen molar-refractivity contribution in [3.8, 4) is 0 Å². The average molecular weight is 196 g/mol. The van der Waals surface area contributed by atoms with E-state index in [4.69, 9.17) is 14.7 Å². The number of benzene rings is 1. The minimum Gasteiger partial charge on any atom is -0.438 e. The number of nitrogens with zero attached hydrogens (tertiary/aromatic N) is 1. The zero-order valence-electron chi connectivity index (χ0n) is 6.68. The Hall–Kier alpha value is -1.04. The summed E-state index contributed by atoms with van der Waals surface area (Å²) in [5.74, 6) is 0.341. The van der Waals surface area contributed by atoms with Crippen molar-refractivity contribution in [2.24, 2.45) is 5.73 Å². The summed E-state index contributed by atoms with van der Waals surface area (Å²) < 4.78 is 14.0. The predicted molar refractivity (Wildman–Crippen MR) is 51.2 cm³/mol. The highest BCUT2D eigenvalue weighted by atomic mass is 32.2. The molecule has 0 aliphatic carbocycles. The number of oxazole rings is 1. The molecule has 0 fully saturated rings. The van der Waals surface area contributed by atoms with Crippen LogP contribution < -0.4 is 5.73 Å². The Morgan fingerprint density at radius 2 is 2.23 bits per heavy atom. The van der Waals surface area contributed by atoms with Gasteiger partial charge in [-0.05, 0) is 12.1 Å². The van der Waals surface area contributed by atoms with Crippen LogP contribution in [0.1, 0.15) is 11.3 Å². The van der Waals surface area contributed by atoms with Crippen LogP contribution in [0, 0.1) is 0 Å². The van der Waals surface area contributed by atoms with Crippen LogP contribution in [0.15, 0.2) is 28.7 Å². The molecule has 1 unspecified atom stereocenters. The van der Waals surface area contributed by atoms with Crippen LogP contribution in [0.25, 0.3) is 11.1 Å². The first kappa shape index (κ1) is 8.55. The lowest BCUT2D eigenvalue weighted by Gasteiger charge is -1.98. The average Bonchev–Trinajstić information content (AvgIpc) is 2.59. The third kappa shape index (κ3) is 1.53. The number of hydrogen-bond acceptors (Lipinski definition) is 5. The Balaban J connectivity index is 2.49. The van der Waals surface area contributed by atoms with Crippen LogP contribution in [0.4, 0.5) is 0 Å². The molecule has 0 bridgehead atoms. The number of fused-ring (bicyclic) bond motifs is 1. The third-order valence-electron chi connectivity index (χ3n) is 1.67. The van der Waals surface area contributed by atoms with E-state index in [1.807, 2.05) is 18.2 Å². The van der Waals surface area contributed by atoms with E-state index in [1.165, 1.54) is 0 Å². The maximum atomic E-state index is 8.71. The fourth-order valence-corrected chi connectivity index (χ4v) is 1.25. The number of para-hydroxylation sites is 2. The predicted octanol–water partition coefficient (Wildman–Crippen LogP) is 1.99. The normalized spacial score (nSPS) is 13.4. The molecule has 0 aliphatic rings. The van der Waals surface area contributed by atoms with Crippen molar-refractivity contribution >= 4 is 23.1 Å². The van der Waals surface area contributed by atoms with Crippen LogP contribution in [0.3, 0.4) is 0 Å². The molecule has 68 valence electrons. The summed E-state index contributed by atoms with van der Waals surface area (Å²) in [6.07, 6.45) is 0. The van der Waals surface area contributed by atoms with Crippen molar-refractivity contribution in [1.29, 1.82) is 0 Å². The van der Waals surface area contributed by atoms with Gasteiger partial charge in [0.05, 0.1) is 0 Å². The minimum absolute atomic E-state index is 0.341. The highest BCUT2D eigenvalue weighted by Crippen LogP contribution is 2.23. The van der Waals surface area contributed by atoms with E-state index in [0.29, 0.717) is 23.5 Å². The first-order valence-corrected chi connectivity index (χ1v) is 4.56. The van der Waals surface area contributed by atoms with Crippen LogP contribution in [0.2, 0.25) is 0 Å². The van der Waals surface area contributed by atoms with Crippen molar-refractivity contribution in [3.05, 3.63) is 30.2 Å². The molecule has 0 aliphatic heterocycles. The van der Waals surface area contributed by atoms with Gasteiger partial charge in [-0.25, -0.2) is 4.98 Å². The molecule has 0 radical (unpaired) electrons. The van der Waals surface area contributed by atoms with Gasteiger partial charge in [-0.2, -0.15) is 0 Å². The Bertz CT molecular complexity index is 382. The Kier molecular flexibility index (Phi) is 2.22. The second-order valence-corrected chi connectivity index (χ2v) is 3.26. The molecule has 4 nitrogen and oxygen atoms in total. The standard InChI is InChI=1S/C8H8N2O2S/c9-7(13-11)8-10-5-3-1-2-4-6(5)12-8/h1-4,7,11H,9H2. The van der Waals surface area contributed by atoms with Gasteiger partial charge >= 0.3 is 0 Å². The molecular weight excluding hydrogens is 188 g/mol. The summed E-state index contributed by atoms with van der Waals surface area (Å²) >= 11 is 0.515. The number of hydrogen-bond donors (Lipinski definition) is 2. The fraction of sp³-hybridized carbons (Fsp3) is 0.125. The van der Waals surface area contributed by atoms with Gasteiger partial charge in [0.2, 0.25) is 5.89 Å². The molecule has 0 saturated heterocycles. The highest BCUT2D eigenvalue weighted by Gasteiger charge is 2.12. The van der Waals surface area contributed by atoms with Gasteiger partial charge in [0, 0.05) is 12.0 Å². The first-order chi connectivity index (χ1) is 6.31. The maximum absolute atomic E-state index is 8.71. The zero-order valence-corrected chi connectivity index (χ0v) is 7.49. The van der Waals surface area contributed by atoms with Crippen LogP contribution in [-0.2, 0) is 0 Å². The van der Waals surface area contributed by atoms with E-state index in [9.17, 15) is 0 Å². The van der Waals surface area contributed by atoms with Gasteiger partial charge in [-0.15, -0.1) is 0 Å². The zero-order chi connectivity index (χ0) is 9.26. The fourth-order valence-electron chi connectivity index (χ4n) is 1.06. The second kappa shape index (κ2) is 3.37. The molecule has 2 rings (SSSR count). The maximum Gasteiger partial charge on any atom is 0.225 e. The smallest absolute Gasteiger partial charge is 0.225 e. The van der Waals surface area contributed by atoms with Crippen molar-refractivity contribution in [3.63, 3.8) is 0 Å². The lowest BCUT2D eigenvalue weighted by molar-refractivity contribution is 0.519. The third-order valence-corrected chi connectivity index (χ3v) is 2.10. The summed E-state index contributed by atoms with van der Waals surface area (Å²) in [5, 5.41) is -0.618. The topological polar surface area (TPSA) is 72.3 Å². The summed E-state index contributed by atoms with van der Waals surface area (Å²) in [6, 6.07) is 7.36. The molecule has 1 heterocycles. The molecule has 0 saturated carbocycles. The molecule has 13 heavy (non-hydrogen) atoms. The second-order valence-electron chi connectivity index (χ2n) is 2.55. The molecule has 0 spiro atoms. The molecule has 3 N–H and O–H groups in total. The number of rotatable bonds is 2. The van der Waals surface area contributed by atoms with E-state index in [1.54, 1.807) is 6.07 Å². The lowest BCUT2D eigenvalue weighted by Crippen LogP contribution is -2.04. The Labute approximate surface area is 79.0 Å². The van der Waals surface area contributed by atoms with Gasteiger partial charge in [-0.3, -0.25) is 0 Å². The Morgan fingerprint density at radius 1 is 1.46 bits per heavy atom. The van der Waals surface area contributed by atoms with Crippen molar-refractivity contribution < 1.29 is 8.97 Å². The molecule has 1 aromatic carbocycles. The van der Waals surface area contributed by atoms with E-state index in [0.717, 1.165) is 5.52 Å². The first-order valence-electron chi connectivity index (χ1n) is 3.72. The van der Waals surface area contributed by atoms with E-state index in [-0.39, 0.29) is 0 Å². The SMILES string of the molecule is NC(SO)c1nc2ccccc2o1. The van der Waals surface area contributed by atoms with Gasteiger partial charge < -0.3 is 14.7 Å². The molecule has 5 heteroatoms. The van der Waals surface area contributed by atoms with Crippen LogP contribution in [-0.4, -0.2) is 9.54 Å². The lowest BCUT2D eigenvalue weighted by atomic mass is 10.3. The molecule has 1 atom stereocenters. The molecule has 2 aromatic rings. The van der Waals surface area contributed by atoms with E-state index >= 15 is 0 Å². The molecule has 1 aromatic heterocycles. The summed E-state index contributed by atoms with van der Waals surface area (Å²) in [4.78, 5) is 4.11. The van der Waals surface area contributed by atoms with E-state index in [2.05, 4.69) is 4.98 Å². The van der Waals surface area contributed by atoms with Crippen molar-refractivity contribution in [2.75, 3.05) is 0 Å². The van der Waals surface area contributed by atoms with Crippen LogP contribution >= 0.6 is 12.0 Å². The van der Waals surface area contributed by atoms with E-state index < -0.39 is 5.37 Å². The van der Waals surface area contributed by atoms with Gasteiger partial charge in [0.15, 0.2) is 11.0 Å². The molecule has 0 amide bonds. The molecular formula is C8H8N2O2S. The van der Waals surface area contributed by atoms with Crippen LogP contribution in [0.5, 0.6) is 0 Å². The number of nitrogens with two attached hydrogens (primary N) is 1. The van der Waals surface area contributed by atoms with Gasteiger partial charge in [-0.1, -0.05) is 12.1 Å². The van der Waals surface area contributed by atoms with Gasteiger partial charge in [0.25, 0.3) is 0 Å². The van der Waals surface area contributed by atoms with Crippen molar-refractivity contribution in [1.82, 2.24) is 4.98 Å². The van der Waals surface area contributed by atoms with Gasteiger partial charge in [0.1, 0.15) is 5.52 Å². The summed E-state index contributed by atoms with van der Waals surface area (Å²) in [6.45, 7) is 0. The summed E-state index contributed by atoms with van der Waals surface area (Å²) in [7, 11) is 0. The minimum atomic E-state index is -0.618. The Morgan fingerprint density at radius 3 is 2.92 bits per heavy atom. The van der Waals surface area contributed by atoms with Crippen molar-refractivity contribution in [2.45, 2.75) is 5.37 Å². The summed E-state index contributed by atoms with van der Waals surface area (Å²) in [5.41, 5.74) is 6.95. The highest BCUT2D eigenvalue weighted by molar-refractivity contribution is 7.93.